The van der Waals surface area contributed by atoms with Crippen LogP contribution in [0.5, 0.6) is 5.75 Å². The van der Waals surface area contributed by atoms with Crippen molar-refractivity contribution in [3.8, 4) is 5.75 Å². The molecule has 2 aromatic rings. The Morgan fingerprint density at radius 2 is 1.71 bits per heavy atom. The van der Waals surface area contributed by atoms with Crippen LogP contribution in [0.1, 0.15) is 38.2 Å². The summed E-state index contributed by atoms with van der Waals surface area (Å²) in [6.07, 6.45) is 0.839. The topological polar surface area (TPSA) is 70.7 Å². The second-order valence-electron chi connectivity index (χ2n) is 9.33. The molecule has 4 rings (SSSR count). The Bertz CT molecular complexity index is 1010. The maximum atomic E-state index is 14.3. The van der Waals surface area contributed by atoms with Gasteiger partial charge >= 0.3 is 6.09 Å². The Hall–Kier alpha value is -2.48. The minimum atomic E-state index is -1.12. The average molecular weight is 488 g/mol. The summed E-state index contributed by atoms with van der Waals surface area (Å²) in [6.45, 7) is 6.20. The number of ether oxygens (including phenoxy) is 1. The molecule has 0 spiro atoms. The van der Waals surface area contributed by atoms with E-state index in [0.717, 1.165) is 31.5 Å². The zero-order valence-electron chi connectivity index (χ0n) is 19.5. The first-order chi connectivity index (χ1) is 16.3. The molecule has 2 aliphatic rings. The van der Waals surface area contributed by atoms with Gasteiger partial charge in [-0.25, -0.2) is 9.18 Å². The Morgan fingerprint density at radius 3 is 2.32 bits per heavy atom. The van der Waals surface area contributed by atoms with Crippen molar-refractivity contribution in [1.29, 1.82) is 0 Å². The fourth-order valence-corrected chi connectivity index (χ4v) is 5.47. The molecule has 0 bridgehead atoms. The predicted molar refractivity (Wildman–Crippen MR) is 130 cm³/mol. The summed E-state index contributed by atoms with van der Waals surface area (Å²) in [6, 6.07) is 12.5. The molecule has 6 nitrogen and oxygen atoms in total. The fourth-order valence-electron chi connectivity index (χ4n) is 5.34. The number of carbonyl (C=O) groups excluding carboxylic acids is 2. The lowest BCUT2D eigenvalue weighted by Crippen LogP contribution is -2.65. The quantitative estimate of drug-likeness (QED) is 0.632. The molecule has 182 valence electrons. The number of carbonyl (C=O) groups is 2. The van der Waals surface area contributed by atoms with E-state index in [4.69, 9.17) is 16.3 Å². The summed E-state index contributed by atoms with van der Waals surface area (Å²) in [7, 11) is 0. The monoisotopic (exact) mass is 487 g/mol. The zero-order chi connectivity index (χ0) is 24.3. The van der Waals surface area contributed by atoms with E-state index in [2.05, 4.69) is 10.6 Å². The van der Waals surface area contributed by atoms with Gasteiger partial charge in [0.25, 0.3) is 0 Å². The number of piperidine rings is 1. The van der Waals surface area contributed by atoms with Gasteiger partial charge in [0.05, 0.1) is 0 Å². The van der Waals surface area contributed by atoms with Crippen molar-refractivity contribution in [2.24, 2.45) is 5.92 Å². The van der Waals surface area contributed by atoms with Crippen molar-refractivity contribution >= 4 is 23.5 Å². The van der Waals surface area contributed by atoms with Crippen LogP contribution in [0.3, 0.4) is 0 Å². The van der Waals surface area contributed by atoms with Crippen molar-refractivity contribution in [1.82, 2.24) is 15.5 Å². The SMILES string of the molecule is CC(C)N(C(=O)Oc1ccc(F)cc1)[C@]1(C(=O)C2CCNCC2)CNC[C@H]1c1ccc(Cl)cc1. The van der Waals surface area contributed by atoms with Gasteiger partial charge in [-0.1, -0.05) is 23.7 Å². The molecule has 2 aliphatic heterocycles. The molecule has 2 fully saturated rings. The van der Waals surface area contributed by atoms with Gasteiger partial charge in [0.2, 0.25) is 0 Å². The highest BCUT2D eigenvalue weighted by Gasteiger charge is 2.58. The normalized spacial score (nSPS) is 23.1. The molecule has 8 heteroatoms. The number of amides is 1. The number of Topliss-reactive ketones (excluding diaryl/α,β-unsaturated/α-hetero) is 1. The van der Waals surface area contributed by atoms with E-state index >= 15 is 0 Å². The summed E-state index contributed by atoms with van der Waals surface area (Å²) in [5.74, 6) is -0.550. The molecule has 0 radical (unpaired) electrons. The van der Waals surface area contributed by atoms with Crippen molar-refractivity contribution in [3.05, 3.63) is 64.9 Å². The molecule has 1 amide bonds. The predicted octanol–water partition coefficient (Wildman–Crippen LogP) is 4.38. The van der Waals surface area contributed by atoms with Crippen LogP contribution >= 0.6 is 11.6 Å². The minimum absolute atomic E-state index is 0.0590. The molecule has 2 heterocycles. The van der Waals surface area contributed by atoms with E-state index in [1.807, 2.05) is 38.1 Å². The molecular weight excluding hydrogens is 457 g/mol. The first kappa shape index (κ1) is 24.6. The van der Waals surface area contributed by atoms with Crippen LogP contribution in [0.2, 0.25) is 5.02 Å². The highest BCUT2D eigenvalue weighted by molar-refractivity contribution is 6.30. The lowest BCUT2D eigenvalue weighted by atomic mass is 9.71. The number of rotatable bonds is 6. The van der Waals surface area contributed by atoms with Crippen molar-refractivity contribution in [2.75, 3.05) is 26.2 Å². The van der Waals surface area contributed by atoms with Gasteiger partial charge in [-0.2, -0.15) is 0 Å². The van der Waals surface area contributed by atoms with E-state index in [1.165, 1.54) is 24.3 Å². The standard InChI is InChI=1S/C26H31ClFN3O3/c1-17(2)31(25(33)34-22-9-7-21(28)8-10-22)26(24(32)19-11-13-29-14-12-19)16-30-15-23(26)18-3-5-20(27)6-4-18/h3-10,17,19,23,29-30H,11-16H2,1-2H3/t23-,26+/m0/s1. The van der Waals surface area contributed by atoms with Crippen LogP contribution in [0.15, 0.2) is 48.5 Å². The number of halogens is 2. The second kappa shape index (κ2) is 10.4. The summed E-state index contributed by atoms with van der Waals surface area (Å²) in [4.78, 5) is 29.6. The molecule has 2 atom stereocenters. The third-order valence-electron chi connectivity index (χ3n) is 6.89. The molecule has 2 aromatic carbocycles. The molecule has 2 saturated heterocycles. The molecule has 0 aliphatic carbocycles. The van der Waals surface area contributed by atoms with Crippen LogP contribution < -0.4 is 15.4 Å². The van der Waals surface area contributed by atoms with Crippen molar-refractivity contribution < 1.29 is 18.7 Å². The number of nitrogens with one attached hydrogen (secondary N) is 2. The van der Waals surface area contributed by atoms with Crippen LogP contribution in [0.25, 0.3) is 0 Å². The zero-order valence-corrected chi connectivity index (χ0v) is 20.3. The van der Waals surface area contributed by atoms with Crippen molar-refractivity contribution in [2.45, 2.75) is 44.2 Å². The Kier molecular flexibility index (Phi) is 7.55. The third-order valence-corrected chi connectivity index (χ3v) is 7.14. The lowest BCUT2D eigenvalue weighted by Gasteiger charge is -2.47. The first-order valence-electron chi connectivity index (χ1n) is 11.8. The minimum Gasteiger partial charge on any atom is -0.410 e. The first-order valence-corrected chi connectivity index (χ1v) is 12.2. The number of hydrogen-bond donors (Lipinski definition) is 2. The lowest BCUT2D eigenvalue weighted by molar-refractivity contribution is -0.136. The van der Waals surface area contributed by atoms with Gasteiger partial charge in [0.1, 0.15) is 17.1 Å². The van der Waals surface area contributed by atoms with Gasteiger partial charge in [-0.05, 0) is 81.7 Å². The second-order valence-corrected chi connectivity index (χ2v) is 9.77. The van der Waals surface area contributed by atoms with Gasteiger partial charge < -0.3 is 15.4 Å². The van der Waals surface area contributed by atoms with E-state index in [0.29, 0.717) is 18.1 Å². The highest BCUT2D eigenvalue weighted by Crippen LogP contribution is 2.42. The summed E-state index contributed by atoms with van der Waals surface area (Å²) in [5.41, 5.74) is -0.182. The number of ketones is 1. The van der Waals surface area contributed by atoms with Crippen LogP contribution in [0.4, 0.5) is 9.18 Å². The van der Waals surface area contributed by atoms with Gasteiger partial charge in [0, 0.05) is 36.0 Å². The maximum absolute atomic E-state index is 14.3. The summed E-state index contributed by atoms with van der Waals surface area (Å²) >= 11 is 6.14. The van der Waals surface area contributed by atoms with Crippen molar-refractivity contribution in [3.63, 3.8) is 0 Å². The summed E-state index contributed by atoms with van der Waals surface area (Å²) in [5, 5.41) is 7.32. The largest absolute Gasteiger partial charge is 0.416 e. The Balaban J connectivity index is 1.77. The smallest absolute Gasteiger partial charge is 0.410 e. The van der Waals surface area contributed by atoms with Gasteiger partial charge in [-0.15, -0.1) is 0 Å². The van der Waals surface area contributed by atoms with Crippen LogP contribution in [0, 0.1) is 11.7 Å². The van der Waals surface area contributed by atoms with E-state index in [-0.39, 0.29) is 29.4 Å². The Labute approximate surface area is 204 Å². The maximum Gasteiger partial charge on any atom is 0.416 e. The average Bonchev–Trinajstić information content (AvgIpc) is 3.26. The third kappa shape index (κ3) is 4.83. The van der Waals surface area contributed by atoms with Gasteiger partial charge in [-0.3, -0.25) is 9.69 Å². The fraction of sp³-hybridized carbons (Fsp3) is 0.462. The number of hydrogen-bond acceptors (Lipinski definition) is 5. The Morgan fingerprint density at radius 1 is 1.06 bits per heavy atom. The molecular formula is C26H31ClFN3O3. The highest BCUT2D eigenvalue weighted by atomic mass is 35.5. The number of benzene rings is 2. The molecule has 0 saturated carbocycles. The van der Waals surface area contributed by atoms with E-state index in [1.54, 1.807) is 4.90 Å². The molecule has 0 unspecified atom stereocenters. The van der Waals surface area contributed by atoms with Gasteiger partial charge in [0.15, 0.2) is 5.78 Å². The van der Waals surface area contributed by atoms with Crippen LogP contribution in [-0.2, 0) is 4.79 Å². The number of nitrogens with zero attached hydrogens (tertiary/aromatic N) is 1. The van der Waals surface area contributed by atoms with Crippen LogP contribution in [-0.4, -0.2) is 54.5 Å². The van der Waals surface area contributed by atoms with E-state index < -0.39 is 17.4 Å². The molecule has 0 aromatic heterocycles. The molecule has 34 heavy (non-hydrogen) atoms. The molecule has 2 N–H and O–H groups in total. The van der Waals surface area contributed by atoms with E-state index in [9.17, 15) is 14.0 Å². The summed E-state index contributed by atoms with van der Waals surface area (Å²) < 4.78 is 19.1.